The molecule has 2 atom stereocenters. The Bertz CT molecular complexity index is 397. The molecule has 1 aromatic heterocycles. The summed E-state index contributed by atoms with van der Waals surface area (Å²) < 4.78 is 7.97. The quantitative estimate of drug-likeness (QED) is 0.869. The van der Waals surface area contributed by atoms with Crippen molar-refractivity contribution in [2.24, 2.45) is 13.0 Å². The first-order chi connectivity index (χ1) is 8.63. The fourth-order valence-electron chi connectivity index (χ4n) is 2.88. The highest BCUT2D eigenvalue weighted by Gasteiger charge is 2.26. The predicted molar refractivity (Wildman–Crippen MR) is 74.7 cm³/mol. The lowest BCUT2D eigenvalue weighted by Gasteiger charge is -2.17. The third-order valence-electron chi connectivity index (χ3n) is 4.35. The van der Waals surface area contributed by atoms with Crippen LogP contribution in [0.3, 0.4) is 0 Å². The average Bonchev–Trinajstić information content (AvgIpc) is 2.91. The summed E-state index contributed by atoms with van der Waals surface area (Å²) in [5.74, 6) is 0.695. The zero-order valence-corrected chi connectivity index (χ0v) is 12.1. The van der Waals surface area contributed by atoms with Gasteiger partial charge >= 0.3 is 0 Å². The Morgan fingerprint density at radius 1 is 1.44 bits per heavy atom. The van der Waals surface area contributed by atoms with Crippen molar-refractivity contribution >= 4 is 0 Å². The number of ether oxygens (including phenoxy) is 1. The molecule has 0 bridgehead atoms. The van der Waals surface area contributed by atoms with E-state index in [4.69, 9.17) is 4.74 Å². The van der Waals surface area contributed by atoms with Crippen LogP contribution in [0.25, 0.3) is 0 Å². The van der Waals surface area contributed by atoms with Gasteiger partial charge in [0.25, 0.3) is 0 Å². The molecule has 1 N–H and O–H groups in total. The molecule has 102 valence electrons. The zero-order chi connectivity index (χ0) is 13.1. The van der Waals surface area contributed by atoms with Gasteiger partial charge in [-0.05, 0) is 44.2 Å². The molecule has 0 aliphatic carbocycles. The van der Waals surface area contributed by atoms with Gasteiger partial charge in [0.2, 0.25) is 0 Å². The number of nitrogens with zero attached hydrogens (tertiary/aromatic N) is 1. The van der Waals surface area contributed by atoms with Crippen molar-refractivity contribution in [3.63, 3.8) is 0 Å². The van der Waals surface area contributed by atoms with E-state index in [-0.39, 0.29) is 0 Å². The van der Waals surface area contributed by atoms with Crippen molar-refractivity contribution in [2.75, 3.05) is 13.2 Å². The molecular formula is C15H26N2O. The summed E-state index contributed by atoms with van der Waals surface area (Å²) >= 11 is 0. The van der Waals surface area contributed by atoms with Crippen LogP contribution in [0.2, 0.25) is 0 Å². The van der Waals surface area contributed by atoms with Crippen LogP contribution in [-0.4, -0.2) is 23.8 Å². The van der Waals surface area contributed by atoms with E-state index < -0.39 is 0 Å². The van der Waals surface area contributed by atoms with Crippen LogP contribution in [0.1, 0.15) is 36.7 Å². The molecule has 1 saturated heterocycles. The fraction of sp³-hybridized carbons (Fsp3) is 0.733. The van der Waals surface area contributed by atoms with Crippen LogP contribution in [0, 0.1) is 19.8 Å². The van der Waals surface area contributed by atoms with Crippen LogP contribution in [-0.2, 0) is 18.3 Å². The number of rotatable bonds is 5. The standard InChI is InChI=1S/C15H26N2O/c1-5-15-13(6-7-18-15)9-16-10-14-8-11(2)17(4)12(14)3/h8,13,15-16H,5-7,9-10H2,1-4H3. The first kappa shape index (κ1) is 13.6. The van der Waals surface area contributed by atoms with Crippen LogP contribution in [0.15, 0.2) is 6.07 Å². The van der Waals surface area contributed by atoms with Crippen LogP contribution in [0.4, 0.5) is 0 Å². The van der Waals surface area contributed by atoms with Gasteiger partial charge in [0, 0.05) is 38.1 Å². The zero-order valence-electron chi connectivity index (χ0n) is 12.1. The molecule has 1 aliphatic heterocycles. The number of aryl methyl sites for hydroxylation is 1. The molecule has 2 rings (SSSR count). The summed E-state index contributed by atoms with van der Waals surface area (Å²) in [6, 6.07) is 2.28. The highest BCUT2D eigenvalue weighted by molar-refractivity contribution is 5.26. The minimum Gasteiger partial charge on any atom is -0.378 e. The lowest BCUT2D eigenvalue weighted by Crippen LogP contribution is -2.28. The molecule has 0 aromatic carbocycles. The number of hydrogen-bond donors (Lipinski definition) is 1. The van der Waals surface area contributed by atoms with Gasteiger partial charge in [0.1, 0.15) is 0 Å². The number of aromatic nitrogens is 1. The molecule has 0 spiro atoms. The minimum absolute atomic E-state index is 0.469. The van der Waals surface area contributed by atoms with Crippen molar-refractivity contribution in [1.82, 2.24) is 9.88 Å². The first-order valence-electron chi connectivity index (χ1n) is 7.07. The van der Waals surface area contributed by atoms with E-state index in [9.17, 15) is 0 Å². The second-order valence-electron chi connectivity index (χ2n) is 5.45. The minimum atomic E-state index is 0.469. The molecule has 2 heterocycles. The van der Waals surface area contributed by atoms with Gasteiger partial charge < -0.3 is 14.6 Å². The van der Waals surface area contributed by atoms with Crippen molar-refractivity contribution in [1.29, 1.82) is 0 Å². The smallest absolute Gasteiger partial charge is 0.0613 e. The Morgan fingerprint density at radius 3 is 2.83 bits per heavy atom. The van der Waals surface area contributed by atoms with Gasteiger partial charge in [-0.3, -0.25) is 0 Å². The molecule has 1 fully saturated rings. The lowest BCUT2D eigenvalue weighted by molar-refractivity contribution is 0.0872. The topological polar surface area (TPSA) is 26.2 Å². The van der Waals surface area contributed by atoms with Crippen molar-refractivity contribution in [2.45, 2.75) is 46.3 Å². The van der Waals surface area contributed by atoms with Gasteiger partial charge in [-0.1, -0.05) is 6.92 Å². The van der Waals surface area contributed by atoms with Gasteiger partial charge in [-0.2, -0.15) is 0 Å². The van der Waals surface area contributed by atoms with Crippen molar-refractivity contribution < 1.29 is 4.74 Å². The van der Waals surface area contributed by atoms with E-state index in [0.29, 0.717) is 12.0 Å². The summed E-state index contributed by atoms with van der Waals surface area (Å²) in [4.78, 5) is 0. The Labute approximate surface area is 111 Å². The van der Waals surface area contributed by atoms with Gasteiger partial charge in [-0.25, -0.2) is 0 Å². The second-order valence-corrected chi connectivity index (χ2v) is 5.45. The monoisotopic (exact) mass is 250 g/mol. The van der Waals surface area contributed by atoms with Gasteiger partial charge in [-0.15, -0.1) is 0 Å². The SMILES string of the molecule is CCC1OCCC1CNCc1cc(C)n(C)c1C. The molecule has 2 unspecified atom stereocenters. The van der Waals surface area contributed by atoms with Crippen molar-refractivity contribution in [3.05, 3.63) is 23.0 Å². The molecule has 0 saturated carbocycles. The van der Waals surface area contributed by atoms with Crippen molar-refractivity contribution in [3.8, 4) is 0 Å². The summed E-state index contributed by atoms with van der Waals surface area (Å²) in [6.45, 7) is 9.56. The first-order valence-corrected chi connectivity index (χ1v) is 7.07. The van der Waals surface area contributed by atoms with Crippen LogP contribution >= 0.6 is 0 Å². The second kappa shape index (κ2) is 5.89. The summed E-state index contributed by atoms with van der Waals surface area (Å²) in [7, 11) is 2.13. The fourth-order valence-corrected chi connectivity index (χ4v) is 2.88. The number of hydrogen-bond acceptors (Lipinski definition) is 2. The maximum atomic E-state index is 5.72. The summed E-state index contributed by atoms with van der Waals surface area (Å²) in [5, 5.41) is 3.60. The molecule has 1 aliphatic rings. The summed E-state index contributed by atoms with van der Waals surface area (Å²) in [5.41, 5.74) is 4.12. The number of nitrogens with one attached hydrogen (secondary N) is 1. The van der Waals surface area contributed by atoms with Gasteiger partial charge in [0.15, 0.2) is 0 Å². The van der Waals surface area contributed by atoms with E-state index >= 15 is 0 Å². The van der Waals surface area contributed by atoms with E-state index in [2.05, 4.69) is 43.8 Å². The normalized spacial score (nSPS) is 23.8. The van der Waals surface area contributed by atoms with E-state index in [0.717, 1.165) is 26.1 Å². The maximum Gasteiger partial charge on any atom is 0.0613 e. The molecule has 1 aromatic rings. The molecule has 3 heteroatoms. The van der Waals surface area contributed by atoms with E-state index in [1.54, 1.807) is 0 Å². The Kier molecular flexibility index (Phi) is 4.46. The van der Waals surface area contributed by atoms with Gasteiger partial charge in [0.05, 0.1) is 6.10 Å². The highest BCUT2D eigenvalue weighted by atomic mass is 16.5. The Balaban J connectivity index is 1.83. The Hall–Kier alpha value is -0.800. The lowest BCUT2D eigenvalue weighted by atomic mass is 9.99. The third kappa shape index (κ3) is 2.78. The van der Waals surface area contributed by atoms with E-state index in [1.807, 2.05) is 0 Å². The van der Waals surface area contributed by atoms with Crippen LogP contribution < -0.4 is 5.32 Å². The largest absolute Gasteiger partial charge is 0.378 e. The average molecular weight is 250 g/mol. The molecular weight excluding hydrogens is 224 g/mol. The molecule has 18 heavy (non-hydrogen) atoms. The van der Waals surface area contributed by atoms with E-state index in [1.165, 1.54) is 23.4 Å². The Morgan fingerprint density at radius 2 is 2.22 bits per heavy atom. The maximum absolute atomic E-state index is 5.72. The predicted octanol–water partition coefficient (Wildman–Crippen LogP) is 2.55. The summed E-state index contributed by atoms with van der Waals surface area (Å²) in [6.07, 6.45) is 2.81. The third-order valence-corrected chi connectivity index (χ3v) is 4.35. The highest BCUT2D eigenvalue weighted by Crippen LogP contribution is 2.22. The van der Waals surface area contributed by atoms with Crippen LogP contribution in [0.5, 0.6) is 0 Å². The molecule has 3 nitrogen and oxygen atoms in total. The molecule has 0 radical (unpaired) electrons. The molecule has 0 amide bonds.